The van der Waals surface area contributed by atoms with Crippen molar-refractivity contribution < 1.29 is 18.3 Å². The number of hydrogen-bond donors (Lipinski definition) is 2. The molecule has 0 bridgehead atoms. The van der Waals surface area contributed by atoms with Crippen LogP contribution in [0.25, 0.3) is 0 Å². The van der Waals surface area contributed by atoms with Crippen molar-refractivity contribution in [2.45, 2.75) is 24.6 Å². The first kappa shape index (κ1) is 8.80. The zero-order chi connectivity index (χ0) is 8.54. The van der Waals surface area contributed by atoms with Gasteiger partial charge >= 0.3 is 6.18 Å². The van der Waals surface area contributed by atoms with E-state index in [-0.39, 0.29) is 6.42 Å². The van der Waals surface area contributed by atoms with E-state index in [4.69, 9.17) is 5.11 Å². The van der Waals surface area contributed by atoms with Crippen LogP contribution in [0.2, 0.25) is 0 Å². The Hall–Kier alpha value is -0.290. The Labute approximate surface area is 62.4 Å². The normalized spacial score (nSPS) is 32.7. The Morgan fingerprint density at radius 3 is 2.27 bits per heavy atom. The van der Waals surface area contributed by atoms with Gasteiger partial charge in [0.05, 0.1) is 6.61 Å². The van der Waals surface area contributed by atoms with E-state index in [1.807, 2.05) is 0 Å². The van der Waals surface area contributed by atoms with Gasteiger partial charge in [-0.15, -0.1) is 0 Å². The number of hydrogen-bond acceptors (Lipinski definition) is 2. The van der Waals surface area contributed by atoms with Crippen molar-refractivity contribution in [3.63, 3.8) is 0 Å². The summed E-state index contributed by atoms with van der Waals surface area (Å²) in [4.78, 5) is 0. The second-order valence-electron chi connectivity index (χ2n) is 2.77. The molecule has 2 N–H and O–H groups in total. The molecule has 0 amide bonds. The van der Waals surface area contributed by atoms with Gasteiger partial charge in [-0.05, 0) is 19.4 Å². The van der Waals surface area contributed by atoms with Gasteiger partial charge in [0.1, 0.15) is 5.54 Å². The molecule has 66 valence electrons. The zero-order valence-electron chi connectivity index (χ0n) is 5.91. The molecule has 0 spiro atoms. The summed E-state index contributed by atoms with van der Waals surface area (Å²) in [5.74, 6) is 0. The second kappa shape index (κ2) is 2.64. The zero-order valence-corrected chi connectivity index (χ0v) is 5.91. The number of aliphatic hydroxyl groups is 1. The van der Waals surface area contributed by atoms with E-state index in [2.05, 4.69) is 5.32 Å². The maximum absolute atomic E-state index is 12.2. The largest absolute Gasteiger partial charge is 0.408 e. The molecule has 1 aliphatic rings. The molecular formula is C6H10F3NO. The van der Waals surface area contributed by atoms with Crippen molar-refractivity contribution in [2.24, 2.45) is 0 Å². The highest BCUT2D eigenvalue weighted by Crippen LogP contribution is 2.36. The molecule has 2 nitrogen and oxygen atoms in total. The van der Waals surface area contributed by atoms with Crippen LogP contribution in [0, 0.1) is 0 Å². The lowest BCUT2D eigenvalue weighted by molar-refractivity contribution is -0.201. The minimum Gasteiger partial charge on any atom is -0.394 e. The molecule has 11 heavy (non-hydrogen) atoms. The van der Waals surface area contributed by atoms with Crippen molar-refractivity contribution in [3.8, 4) is 0 Å². The highest BCUT2D eigenvalue weighted by Gasteiger charge is 2.55. The predicted octanol–water partition coefficient (Wildman–Crippen LogP) is 0.663. The smallest absolute Gasteiger partial charge is 0.394 e. The standard InChI is InChI=1S/C6H10F3NO/c7-6(8,9)5(4-11)2-1-3-10-5/h10-11H,1-4H2/t5-/m0/s1. The monoisotopic (exact) mass is 169 g/mol. The number of aliphatic hydroxyl groups excluding tert-OH is 1. The molecule has 0 saturated carbocycles. The summed E-state index contributed by atoms with van der Waals surface area (Å²) in [5.41, 5.74) is -2.02. The number of halogens is 3. The van der Waals surface area contributed by atoms with Gasteiger partial charge in [-0.2, -0.15) is 13.2 Å². The van der Waals surface area contributed by atoms with Crippen LogP contribution in [0.4, 0.5) is 13.2 Å². The molecule has 0 aliphatic carbocycles. The van der Waals surface area contributed by atoms with E-state index in [9.17, 15) is 13.2 Å². The van der Waals surface area contributed by atoms with Gasteiger partial charge in [-0.25, -0.2) is 0 Å². The quantitative estimate of drug-likeness (QED) is 0.604. The molecule has 1 rings (SSSR count). The van der Waals surface area contributed by atoms with Gasteiger partial charge in [0.25, 0.3) is 0 Å². The molecule has 1 fully saturated rings. The highest BCUT2D eigenvalue weighted by molar-refractivity contribution is 4.98. The number of nitrogens with one attached hydrogen (secondary N) is 1. The molecular weight excluding hydrogens is 159 g/mol. The van der Waals surface area contributed by atoms with E-state index < -0.39 is 18.3 Å². The maximum Gasteiger partial charge on any atom is 0.408 e. The molecule has 0 aromatic rings. The van der Waals surface area contributed by atoms with Crippen molar-refractivity contribution in [1.29, 1.82) is 0 Å². The second-order valence-corrected chi connectivity index (χ2v) is 2.77. The van der Waals surface area contributed by atoms with Crippen LogP contribution < -0.4 is 5.32 Å². The fourth-order valence-corrected chi connectivity index (χ4v) is 1.27. The van der Waals surface area contributed by atoms with Crippen molar-refractivity contribution in [3.05, 3.63) is 0 Å². The third kappa shape index (κ3) is 1.35. The summed E-state index contributed by atoms with van der Waals surface area (Å²) in [7, 11) is 0. The molecule has 0 radical (unpaired) electrons. The molecule has 0 aromatic carbocycles. The highest BCUT2D eigenvalue weighted by atomic mass is 19.4. The first-order chi connectivity index (χ1) is 5.02. The fourth-order valence-electron chi connectivity index (χ4n) is 1.27. The molecule has 0 aromatic heterocycles. The van der Waals surface area contributed by atoms with E-state index in [1.54, 1.807) is 0 Å². The summed E-state index contributed by atoms with van der Waals surface area (Å²) in [6, 6.07) is 0. The van der Waals surface area contributed by atoms with Crippen LogP contribution >= 0.6 is 0 Å². The predicted molar refractivity (Wildman–Crippen MR) is 33.1 cm³/mol. The van der Waals surface area contributed by atoms with E-state index in [1.165, 1.54) is 0 Å². The Bertz CT molecular complexity index is 139. The molecule has 5 heteroatoms. The molecule has 1 heterocycles. The van der Waals surface area contributed by atoms with Crippen molar-refractivity contribution in [2.75, 3.05) is 13.2 Å². The maximum atomic E-state index is 12.2. The van der Waals surface area contributed by atoms with Gasteiger partial charge in [-0.1, -0.05) is 0 Å². The first-order valence-electron chi connectivity index (χ1n) is 3.44. The van der Waals surface area contributed by atoms with Crippen LogP contribution in [0.5, 0.6) is 0 Å². The molecule has 1 saturated heterocycles. The lowest BCUT2D eigenvalue weighted by atomic mass is 9.98. The van der Waals surface area contributed by atoms with Crippen LogP contribution in [-0.2, 0) is 0 Å². The summed E-state index contributed by atoms with van der Waals surface area (Å²) in [5, 5.41) is 10.9. The molecule has 1 aliphatic heterocycles. The third-order valence-corrected chi connectivity index (χ3v) is 2.06. The number of rotatable bonds is 1. The summed E-state index contributed by atoms with van der Waals surface area (Å²) in [6.07, 6.45) is -3.88. The average Bonchev–Trinajstić information content (AvgIpc) is 2.33. The molecule has 1 atom stereocenters. The Morgan fingerprint density at radius 2 is 2.09 bits per heavy atom. The van der Waals surface area contributed by atoms with Gasteiger partial charge in [-0.3, -0.25) is 0 Å². The Kier molecular flexibility index (Phi) is 2.11. The summed E-state index contributed by atoms with van der Waals surface area (Å²) in [6.45, 7) is -0.531. The summed E-state index contributed by atoms with van der Waals surface area (Å²) >= 11 is 0. The summed E-state index contributed by atoms with van der Waals surface area (Å²) < 4.78 is 36.6. The molecule has 0 unspecified atom stereocenters. The SMILES string of the molecule is OC[C@]1(C(F)(F)F)CCCN1. The van der Waals surface area contributed by atoms with Gasteiger partial charge < -0.3 is 10.4 Å². The van der Waals surface area contributed by atoms with Crippen LogP contribution in [0.1, 0.15) is 12.8 Å². The third-order valence-electron chi connectivity index (χ3n) is 2.06. The van der Waals surface area contributed by atoms with Crippen LogP contribution in [0.3, 0.4) is 0 Å². The van der Waals surface area contributed by atoms with E-state index in [0.29, 0.717) is 13.0 Å². The Morgan fingerprint density at radius 1 is 1.45 bits per heavy atom. The lowest BCUT2D eigenvalue weighted by Gasteiger charge is -2.29. The van der Waals surface area contributed by atoms with Gasteiger partial charge in [0.15, 0.2) is 0 Å². The number of alkyl halides is 3. The van der Waals surface area contributed by atoms with Crippen molar-refractivity contribution in [1.82, 2.24) is 5.32 Å². The minimum absolute atomic E-state index is 0.0208. The van der Waals surface area contributed by atoms with Crippen LogP contribution in [-0.4, -0.2) is 30.0 Å². The van der Waals surface area contributed by atoms with Crippen LogP contribution in [0.15, 0.2) is 0 Å². The lowest BCUT2D eigenvalue weighted by Crippen LogP contribution is -2.55. The average molecular weight is 169 g/mol. The van der Waals surface area contributed by atoms with E-state index >= 15 is 0 Å². The topological polar surface area (TPSA) is 32.3 Å². The minimum atomic E-state index is -4.34. The van der Waals surface area contributed by atoms with Gasteiger partial charge in [0.2, 0.25) is 0 Å². The van der Waals surface area contributed by atoms with Gasteiger partial charge in [0, 0.05) is 0 Å². The fraction of sp³-hybridized carbons (Fsp3) is 1.00. The first-order valence-corrected chi connectivity index (χ1v) is 3.44. The van der Waals surface area contributed by atoms with E-state index in [0.717, 1.165) is 0 Å². The van der Waals surface area contributed by atoms with Crippen molar-refractivity contribution >= 4 is 0 Å². The Balaban J connectivity index is 2.75.